The van der Waals surface area contributed by atoms with E-state index in [-0.39, 0.29) is 17.7 Å². The fraction of sp³-hybridized carbons (Fsp3) is 0.238. The zero-order chi connectivity index (χ0) is 21.7. The summed E-state index contributed by atoms with van der Waals surface area (Å²) in [5, 5.41) is 6.16. The lowest BCUT2D eigenvalue weighted by Gasteiger charge is -2.17. The third kappa shape index (κ3) is 5.76. The molecule has 0 aliphatic rings. The first-order valence-electron chi connectivity index (χ1n) is 9.18. The van der Waals surface area contributed by atoms with Gasteiger partial charge in [-0.2, -0.15) is 18.2 Å². The van der Waals surface area contributed by atoms with Crippen LogP contribution >= 0.6 is 11.6 Å². The molecule has 0 spiro atoms. The first-order valence-corrected chi connectivity index (χ1v) is 9.56. The molecule has 0 unspecified atom stereocenters. The van der Waals surface area contributed by atoms with Crippen LogP contribution < -0.4 is 15.4 Å². The summed E-state index contributed by atoms with van der Waals surface area (Å²) in [4.78, 5) is 7.85. The van der Waals surface area contributed by atoms with Gasteiger partial charge >= 0.3 is 6.18 Å². The van der Waals surface area contributed by atoms with Gasteiger partial charge in [0.15, 0.2) is 0 Å². The molecule has 5 nitrogen and oxygen atoms in total. The number of para-hydroxylation sites is 2. The fourth-order valence-corrected chi connectivity index (χ4v) is 2.61. The minimum Gasteiger partial charge on any atom is -0.491 e. The summed E-state index contributed by atoms with van der Waals surface area (Å²) in [6, 6.07) is 13.4. The van der Waals surface area contributed by atoms with Crippen molar-refractivity contribution in [2.45, 2.75) is 20.0 Å². The maximum Gasteiger partial charge on any atom is 0.421 e. The van der Waals surface area contributed by atoms with Crippen LogP contribution in [-0.2, 0) is 6.18 Å². The molecule has 1 heterocycles. The van der Waals surface area contributed by atoms with Crippen LogP contribution in [0.25, 0.3) is 0 Å². The smallest absolute Gasteiger partial charge is 0.421 e. The summed E-state index contributed by atoms with van der Waals surface area (Å²) in [5.74, 6) is 0.325. The Morgan fingerprint density at radius 1 is 1.03 bits per heavy atom. The van der Waals surface area contributed by atoms with Crippen molar-refractivity contribution in [1.29, 1.82) is 0 Å². The predicted molar refractivity (Wildman–Crippen MR) is 112 cm³/mol. The fourth-order valence-electron chi connectivity index (χ4n) is 2.49. The number of benzene rings is 2. The molecular weight excluding hydrogens is 417 g/mol. The SMILES string of the molecule is CC(C)COc1ccccc1Nc1nc(Nc2ccc(Cl)cc2)ncc1C(F)(F)F. The average molecular weight is 437 g/mol. The summed E-state index contributed by atoms with van der Waals surface area (Å²) < 4.78 is 46.3. The molecule has 0 amide bonds. The van der Waals surface area contributed by atoms with Gasteiger partial charge in [0.2, 0.25) is 5.95 Å². The molecule has 0 saturated carbocycles. The minimum absolute atomic E-state index is 0.00778. The van der Waals surface area contributed by atoms with E-state index < -0.39 is 11.7 Å². The number of nitrogens with zero attached hydrogens (tertiary/aromatic N) is 2. The van der Waals surface area contributed by atoms with Crippen LogP contribution in [0.5, 0.6) is 5.75 Å². The van der Waals surface area contributed by atoms with Gasteiger partial charge in [-0.15, -0.1) is 0 Å². The molecule has 3 rings (SSSR count). The van der Waals surface area contributed by atoms with Crippen LogP contribution in [0, 0.1) is 5.92 Å². The zero-order valence-corrected chi connectivity index (χ0v) is 17.1. The predicted octanol–water partition coefficient (Wildman–Crippen LogP) is 6.67. The lowest BCUT2D eigenvalue weighted by molar-refractivity contribution is -0.137. The Balaban J connectivity index is 1.93. The molecule has 0 fully saturated rings. The van der Waals surface area contributed by atoms with E-state index in [1.165, 1.54) is 0 Å². The van der Waals surface area contributed by atoms with Crippen molar-refractivity contribution in [2.75, 3.05) is 17.2 Å². The van der Waals surface area contributed by atoms with Crippen molar-refractivity contribution < 1.29 is 17.9 Å². The quantitative estimate of drug-likeness (QED) is 0.433. The number of halogens is 4. The highest BCUT2D eigenvalue weighted by molar-refractivity contribution is 6.30. The van der Waals surface area contributed by atoms with Gasteiger partial charge in [-0.1, -0.05) is 37.6 Å². The first kappa shape index (κ1) is 21.7. The van der Waals surface area contributed by atoms with E-state index in [0.29, 0.717) is 28.8 Å². The second-order valence-electron chi connectivity index (χ2n) is 6.91. The highest BCUT2D eigenvalue weighted by Crippen LogP contribution is 2.37. The van der Waals surface area contributed by atoms with Crippen LogP contribution in [0.4, 0.5) is 36.3 Å². The Hall–Kier alpha value is -3.00. The van der Waals surface area contributed by atoms with Crippen LogP contribution in [0.2, 0.25) is 5.02 Å². The molecule has 0 bridgehead atoms. The second kappa shape index (κ2) is 9.21. The molecule has 0 aliphatic carbocycles. The van der Waals surface area contributed by atoms with Crippen molar-refractivity contribution >= 4 is 34.7 Å². The lowest BCUT2D eigenvalue weighted by atomic mass is 10.2. The number of alkyl halides is 3. The number of anilines is 4. The van der Waals surface area contributed by atoms with Crippen LogP contribution in [-0.4, -0.2) is 16.6 Å². The number of ether oxygens (including phenoxy) is 1. The van der Waals surface area contributed by atoms with Crippen molar-refractivity contribution in [3.05, 3.63) is 65.3 Å². The highest BCUT2D eigenvalue weighted by Gasteiger charge is 2.35. The Morgan fingerprint density at radius 3 is 2.40 bits per heavy atom. The number of hydrogen-bond donors (Lipinski definition) is 2. The molecule has 2 N–H and O–H groups in total. The normalized spacial score (nSPS) is 11.4. The van der Waals surface area contributed by atoms with Crippen molar-refractivity contribution in [3.63, 3.8) is 0 Å². The van der Waals surface area contributed by atoms with Gasteiger partial charge in [0.1, 0.15) is 17.1 Å². The van der Waals surface area contributed by atoms with Gasteiger partial charge in [0, 0.05) is 16.9 Å². The Morgan fingerprint density at radius 2 is 1.73 bits per heavy atom. The standard InChI is InChI=1S/C21H20ClF3N4O/c1-13(2)12-30-18-6-4-3-5-17(18)28-19-16(21(23,24)25)11-26-20(29-19)27-15-9-7-14(22)8-10-15/h3-11,13H,12H2,1-2H3,(H2,26,27,28,29). The number of hydrogen-bond acceptors (Lipinski definition) is 5. The minimum atomic E-state index is -4.63. The molecule has 0 atom stereocenters. The van der Waals surface area contributed by atoms with Gasteiger partial charge in [-0.05, 0) is 42.3 Å². The van der Waals surface area contributed by atoms with E-state index in [0.717, 1.165) is 6.20 Å². The Bertz CT molecular complexity index is 994. The molecule has 158 valence electrons. The van der Waals surface area contributed by atoms with Crippen molar-refractivity contribution in [1.82, 2.24) is 9.97 Å². The van der Waals surface area contributed by atoms with Crippen LogP contribution in [0.1, 0.15) is 19.4 Å². The lowest BCUT2D eigenvalue weighted by Crippen LogP contribution is -2.13. The molecule has 0 saturated heterocycles. The number of rotatable bonds is 7. The highest BCUT2D eigenvalue weighted by atomic mass is 35.5. The van der Waals surface area contributed by atoms with Crippen molar-refractivity contribution in [2.24, 2.45) is 5.92 Å². The molecular formula is C21H20ClF3N4O. The summed E-state index contributed by atoms with van der Waals surface area (Å²) in [5.41, 5.74) is -0.0200. The van der Waals surface area contributed by atoms with Gasteiger partial charge in [0.05, 0.1) is 12.3 Å². The van der Waals surface area contributed by atoms with Gasteiger partial charge in [-0.3, -0.25) is 0 Å². The Kier molecular flexibility index (Phi) is 6.66. The van der Waals surface area contributed by atoms with E-state index in [2.05, 4.69) is 20.6 Å². The van der Waals surface area contributed by atoms with Gasteiger partial charge < -0.3 is 15.4 Å². The zero-order valence-electron chi connectivity index (χ0n) is 16.3. The molecule has 3 aromatic rings. The van der Waals surface area contributed by atoms with E-state index in [4.69, 9.17) is 16.3 Å². The number of nitrogens with one attached hydrogen (secondary N) is 2. The first-order chi connectivity index (χ1) is 14.2. The second-order valence-corrected chi connectivity index (χ2v) is 7.35. The maximum absolute atomic E-state index is 13.5. The molecule has 9 heteroatoms. The van der Waals surface area contributed by atoms with E-state index >= 15 is 0 Å². The molecule has 0 radical (unpaired) electrons. The summed E-state index contributed by atoms with van der Waals surface area (Å²) in [6.45, 7) is 4.39. The third-order valence-corrected chi connectivity index (χ3v) is 4.16. The van der Waals surface area contributed by atoms with Crippen LogP contribution in [0.15, 0.2) is 54.7 Å². The average Bonchev–Trinajstić information content (AvgIpc) is 2.68. The molecule has 1 aromatic heterocycles. The largest absolute Gasteiger partial charge is 0.491 e. The van der Waals surface area contributed by atoms with E-state index in [1.54, 1.807) is 48.5 Å². The molecule has 0 aliphatic heterocycles. The van der Waals surface area contributed by atoms with E-state index in [9.17, 15) is 13.2 Å². The van der Waals surface area contributed by atoms with E-state index in [1.807, 2.05) is 13.8 Å². The third-order valence-electron chi connectivity index (χ3n) is 3.91. The Labute approximate surface area is 177 Å². The molecule has 30 heavy (non-hydrogen) atoms. The summed E-state index contributed by atoms with van der Waals surface area (Å²) >= 11 is 5.86. The molecule has 2 aromatic carbocycles. The van der Waals surface area contributed by atoms with Gasteiger partial charge in [-0.25, -0.2) is 4.98 Å². The maximum atomic E-state index is 13.5. The summed E-state index contributed by atoms with van der Waals surface area (Å²) in [6.07, 6.45) is -3.89. The summed E-state index contributed by atoms with van der Waals surface area (Å²) in [7, 11) is 0. The number of aromatic nitrogens is 2. The monoisotopic (exact) mass is 436 g/mol. The van der Waals surface area contributed by atoms with Crippen LogP contribution in [0.3, 0.4) is 0 Å². The van der Waals surface area contributed by atoms with Crippen molar-refractivity contribution in [3.8, 4) is 5.75 Å². The van der Waals surface area contributed by atoms with Gasteiger partial charge in [0.25, 0.3) is 0 Å². The topological polar surface area (TPSA) is 59.1 Å².